The van der Waals surface area contributed by atoms with Crippen LogP contribution in [0.15, 0.2) is 60.8 Å². The number of rotatable bonds is 7. The molecule has 0 saturated heterocycles. The molecule has 1 N–H and O–H groups in total. The van der Waals surface area contributed by atoms with E-state index in [0.717, 1.165) is 17.8 Å². The van der Waals surface area contributed by atoms with Gasteiger partial charge >= 0.3 is 5.97 Å². The van der Waals surface area contributed by atoms with E-state index in [1.165, 1.54) is 7.11 Å². The quantitative estimate of drug-likeness (QED) is 0.502. The fourth-order valence-corrected chi connectivity index (χ4v) is 3.89. The number of ether oxygens (including phenoxy) is 1. The van der Waals surface area contributed by atoms with Crippen LogP contribution in [0.4, 0.5) is 28.8 Å². The first kappa shape index (κ1) is 23.2. The molecule has 1 amide bonds. The Morgan fingerprint density at radius 1 is 1.12 bits per heavy atom. The number of nitrogens with zero attached hydrogens (tertiary/aromatic N) is 4. The highest BCUT2D eigenvalue weighted by atomic mass is 16.5. The van der Waals surface area contributed by atoms with Gasteiger partial charge in [0.2, 0.25) is 5.95 Å². The van der Waals surface area contributed by atoms with Gasteiger partial charge in [0.15, 0.2) is 5.82 Å². The number of fused-ring (bicyclic) bond motifs is 1. The lowest BCUT2D eigenvalue weighted by Gasteiger charge is -2.40. The highest BCUT2D eigenvalue weighted by molar-refractivity contribution is 6.09. The lowest BCUT2D eigenvalue weighted by atomic mass is 10.1. The third kappa shape index (κ3) is 4.71. The zero-order valence-electron chi connectivity index (χ0n) is 19.9. The molecule has 2 aromatic carbocycles. The van der Waals surface area contributed by atoms with Crippen molar-refractivity contribution < 1.29 is 14.3 Å². The monoisotopic (exact) mass is 459 g/mol. The average molecular weight is 460 g/mol. The van der Waals surface area contributed by atoms with Gasteiger partial charge in [0.05, 0.1) is 18.9 Å². The molecule has 0 aliphatic carbocycles. The van der Waals surface area contributed by atoms with Crippen molar-refractivity contribution in [3.8, 4) is 0 Å². The molecular weight excluding hydrogens is 430 g/mol. The lowest BCUT2D eigenvalue weighted by Crippen LogP contribution is -2.51. The largest absolute Gasteiger partial charge is 0.465 e. The van der Waals surface area contributed by atoms with E-state index in [0.29, 0.717) is 35.5 Å². The smallest absolute Gasteiger partial charge is 0.337 e. The van der Waals surface area contributed by atoms with Crippen LogP contribution in [0.2, 0.25) is 0 Å². The molecule has 1 atom stereocenters. The Morgan fingerprint density at radius 2 is 1.82 bits per heavy atom. The predicted octanol–water partition coefficient (Wildman–Crippen LogP) is 4.93. The number of methoxy groups -OCH3 is 1. The first-order valence-corrected chi connectivity index (χ1v) is 11.4. The summed E-state index contributed by atoms with van der Waals surface area (Å²) >= 11 is 0. The van der Waals surface area contributed by atoms with E-state index in [1.807, 2.05) is 37.3 Å². The minimum Gasteiger partial charge on any atom is -0.465 e. The molecule has 3 aromatic rings. The Labute approximate surface area is 199 Å². The molecule has 8 heteroatoms. The van der Waals surface area contributed by atoms with E-state index in [9.17, 15) is 9.59 Å². The van der Waals surface area contributed by atoms with Crippen molar-refractivity contribution in [3.63, 3.8) is 0 Å². The van der Waals surface area contributed by atoms with Crippen LogP contribution in [0, 0.1) is 5.92 Å². The first-order chi connectivity index (χ1) is 16.4. The number of hydrogen-bond donors (Lipinski definition) is 1. The van der Waals surface area contributed by atoms with Crippen molar-refractivity contribution >= 4 is 40.7 Å². The molecular formula is C26H29N5O3. The van der Waals surface area contributed by atoms with Crippen LogP contribution in [0.1, 0.15) is 37.6 Å². The number of esters is 1. The van der Waals surface area contributed by atoms with Crippen LogP contribution in [-0.2, 0) is 9.53 Å². The topological polar surface area (TPSA) is 87.7 Å². The Kier molecular flexibility index (Phi) is 6.77. The van der Waals surface area contributed by atoms with Gasteiger partial charge < -0.3 is 15.0 Å². The average Bonchev–Trinajstić information content (AvgIpc) is 2.85. The van der Waals surface area contributed by atoms with Crippen molar-refractivity contribution in [1.82, 2.24) is 9.97 Å². The molecule has 8 nitrogen and oxygen atoms in total. The number of benzene rings is 2. The number of carbonyl (C=O) groups is 2. The molecule has 0 fully saturated rings. The van der Waals surface area contributed by atoms with Gasteiger partial charge in [0.25, 0.3) is 5.91 Å². The summed E-state index contributed by atoms with van der Waals surface area (Å²) in [4.78, 5) is 38.2. The van der Waals surface area contributed by atoms with Crippen LogP contribution in [0.5, 0.6) is 0 Å². The Morgan fingerprint density at radius 3 is 2.47 bits per heavy atom. The molecule has 176 valence electrons. The summed E-state index contributed by atoms with van der Waals surface area (Å²) in [5, 5.41) is 3.20. The number of anilines is 5. The van der Waals surface area contributed by atoms with Gasteiger partial charge in [-0.05, 0) is 55.7 Å². The Bertz CT molecular complexity index is 1160. The third-order valence-electron chi connectivity index (χ3n) is 5.83. The maximum atomic E-state index is 13.4. The molecule has 4 rings (SSSR count). The van der Waals surface area contributed by atoms with E-state index < -0.39 is 5.97 Å². The zero-order chi connectivity index (χ0) is 24.2. The van der Waals surface area contributed by atoms with Crippen molar-refractivity contribution in [2.45, 2.75) is 33.2 Å². The summed E-state index contributed by atoms with van der Waals surface area (Å²) in [6.07, 6.45) is 2.62. The number of nitrogens with one attached hydrogen (secondary N) is 1. The second-order valence-corrected chi connectivity index (χ2v) is 8.66. The minimum absolute atomic E-state index is 0.00911. The molecule has 1 aromatic heterocycles. The summed E-state index contributed by atoms with van der Waals surface area (Å²) in [5.74, 6) is 1.21. The molecule has 2 heterocycles. The van der Waals surface area contributed by atoms with Crippen LogP contribution < -0.4 is 15.1 Å². The standard InChI is InChI=1S/C26H29N5O3/c1-17(2)14-15-30-18(3)24(32)31(21-8-6-5-7-9-21)22-16-27-26(29-23(22)30)28-20-12-10-19(11-13-20)25(33)34-4/h5-13,16-18H,14-15H2,1-4H3,(H,27,28,29). The summed E-state index contributed by atoms with van der Waals surface area (Å²) in [6.45, 7) is 6.96. The molecule has 0 spiro atoms. The predicted molar refractivity (Wildman–Crippen MR) is 133 cm³/mol. The van der Waals surface area contributed by atoms with E-state index in [-0.39, 0.29) is 11.9 Å². The number of aromatic nitrogens is 2. The van der Waals surface area contributed by atoms with Crippen LogP contribution in [0.3, 0.4) is 0 Å². The molecule has 1 unspecified atom stereocenters. The van der Waals surface area contributed by atoms with Gasteiger partial charge in [-0.15, -0.1) is 0 Å². The van der Waals surface area contributed by atoms with E-state index >= 15 is 0 Å². The fraction of sp³-hybridized carbons (Fsp3) is 0.308. The summed E-state index contributed by atoms with van der Waals surface area (Å²) in [6, 6.07) is 16.1. The molecule has 0 radical (unpaired) electrons. The molecule has 34 heavy (non-hydrogen) atoms. The Hall–Kier alpha value is -3.94. The van der Waals surface area contributed by atoms with Crippen LogP contribution in [0.25, 0.3) is 0 Å². The lowest BCUT2D eigenvalue weighted by molar-refractivity contribution is -0.119. The highest BCUT2D eigenvalue weighted by Gasteiger charge is 2.37. The number of para-hydroxylation sites is 1. The van der Waals surface area contributed by atoms with Crippen molar-refractivity contribution in [3.05, 3.63) is 66.4 Å². The third-order valence-corrected chi connectivity index (χ3v) is 5.83. The van der Waals surface area contributed by atoms with Gasteiger partial charge in [-0.3, -0.25) is 9.69 Å². The van der Waals surface area contributed by atoms with Crippen molar-refractivity contribution in [1.29, 1.82) is 0 Å². The van der Waals surface area contributed by atoms with E-state index in [4.69, 9.17) is 9.72 Å². The van der Waals surface area contributed by atoms with E-state index in [1.54, 1.807) is 35.4 Å². The second-order valence-electron chi connectivity index (χ2n) is 8.66. The Balaban J connectivity index is 1.70. The van der Waals surface area contributed by atoms with Gasteiger partial charge in [0, 0.05) is 17.9 Å². The van der Waals surface area contributed by atoms with E-state index in [2.05, 4.69) is 29.0 Å². The summed E-state index contributed by atoms with van der Waals surface area (Å²) < 4.78 is 4.75. The number of carbonyl (C=O) groups excluding carboxylic acids is 2. The van der Waals surface area contributed by atoms with Gasteiger partial charge in [-0.25, -0.2) is 9.78 Å². The molecule has 1 aliphatic heterocycles. The van der Waals surface area contributed by atoms with Crippen molar-refractivity contribution in [2.24, 2.45) is 5.92 Å². The van der Waals surface area contributed by atoms with Gasteiger partial charge in [-0.2, -0.15) is 4.98 Å². The van der Waals surface area contributed by atoms with Crippen molar-refractivity contribution in [2.75, 3.05) is 28.8 Å². The van der Waals surface area contributed by atoms with Crippen LogP contribution >= 0.6 is 0 Å². The fourth-order valence-electron chi connectivity index (χ4n) is 3.89. The number of hydrogen-bond acceptors (Lipinski definition) is 7. The molecule has 0 saturated carbocycles. The van der Waals surface area contributed by atoms with Gasteiger partial charge in [0.1, 0.15) is 11.7 Å². The number of amides is 1. The highest BCUT2D eigenvalue weighted by Crippen LogP contribution is 2.39. The second kappa shape index (κ2) is 9.91. The normalized spacial score (nSPS) is 15.3. The van der Waals surface area contributed by atoms with Crippen LogP contribution in [-0.4, -0.2) is 41.5 Å². The molecule has 1 aliphatic rings. The summed E-state index contributed by atoms with van der Waals surface area (Å²) in [7, 11) is 1.35. The SMILES string of the molecule is COC(=O)c1ccc(Nc2ncc3c(n2)N(CCC(C)C)C(C)C(=O)N3c2ccccc2)cc1. The maximum absolute atomic E-state index is 13.4. The minimum atomic E-state index is -0.392. The first-order valence-electron chi connectivity index (χ1n) is 11.4. The maximum Gasteiger partial charge on any atom is 0.337 e. The van der Waals surface area contributed by atoms with Gasteiger partial charge in [-0.1, -0.05) is 32.0 Å². The molecule has 0 bridgehead atoms. The summed E-state index contributed by atoms with van der Waals surface area (Å²) in [5.41, 5.74) is 2.64. The zero-order valence-corrected chi connectivity index (χ0v) is 19.9.